The number of hydrogen-bond acceptors (Lipinski definition) is 5. The average Bonchev–Trinajstić information content (AvgIpc) is 2.70. The standard InChI is InChI=1S/C23H30O6S/c1-3-17(18-8-12-20(24)13-9-18)16-22(30(26,27)28)6-5-7-23(29-4-2)19-10-14-21(25)15-11-19/h5,7-15,17,22-25H,3-4,6,16H2,1-2H3,(H,26,27,28)/t17-,22-,23+/m0/s1. The maximum absolute atomic E-state index is 12.0. The fraction of sp³-hybridized carbons (Fsp3) is 0.391. The van der Waals surface area contributed by atoms with Crippen molar-refractivity contribution in [2.45, 2.75) is 50.4 Å². The summed E-state index contributed by atoms with van der Waals surface area (Å²) in [6, 6.07) is 13.3. The van der Waals surface area contributed by atoms with E-state index in [9.17, 15) is 23.2 Å². The largest absolute Gasteiger partial charge is 0.508 e. The molecule has 0 aliphatic carbocycles. The molecule has 0 aliphatic rings. The van der Waals surface area contributed by atoms with Gasteiger partial charge in [0.25, 0.3) is 10.1 Å². The molecule has 0 spiro atoms. The highest BCUT2D eigenvalue weighted by Gasteiger charge is 2.26. The van der Waals surface area contributed by atoms with E-state index in [1.54, 1.807) is 60.7 Å². The maximum Gasteiger partial charge on any atom is 0.268 e. The Bertz CT molecular complexity index is 904. The monoisotopic (exact) mass is 434 g/mol. The summed E-state index contributed by atoms with van der Waals surface area (Å²) in [5.41, 5.74) is 1.76. The third kappa shape index (κ3) is 7.16. The highest BCUT2D eigenvalue weighted by Crippen LogP contribution is 2.30. The molecule has 0 unspecified atom stereocenters. The van der Waals surface area contributed by atoms with Crippen LogP contribution in [0.1, 0.15) is 56.3 Å². The van der Waals surface area contributed by atoms with Gasteiger partial charge in [0.2, 0.25) is 0 Å². The Labute approximate surface area is 178 Å². The van der Waals surface area contributed by atoms with Crippen molar-refractivity contribution in [1.29, 1.82) is 0 Å². The van der Waals surface area contributed by atoms with E-state index < -0.39 is 15.4 Å². The number of benzene rings is 2. The Hall–Kier alpha value is -2.35. The number of hydrogen-bond donors (Lipinski definition) is 3. The zero-order chi connectivity index (χ0) is 22.1. The van der Waals surface area contributed by atoms with Crippen molar-refractivity contribution < 1.29 is 27.9 Å². The lowest BCUT2D eigenvalue weighted by Crippen LogP contribution is -2.22. The third-order valence-corrected chi connectivity index (χ3v) is 6.33. The molecular formula is C23H30O6S. The molecule has 0 heterocycles. The molecule has 3 atom stereocenters. The number of phenols is 2. The van der Waals surface area contributed by atoms with Crippen molar-refractivity contribution in [2.75, 3.05) is 6.61 Å². The molecule has 0 radical (unpaired) electrons. The van der Waals surface area contributed by atoms with Crippen molar-refractivity contribution in [3.8, 4) is 11.5 Å². The minimum Gasteiger partial charge on any atom is -0.508 e. The number of phenolic OH excluding ortho intramolecular Hbond substituents is 2. The van der Waals surface area contributed by atoms with Gasteiger partial charge in [-0.2, -0.15) is 8.42 Å². The van der Waals surface area contributed by atoms with E-state index in [2.05, 4.69) is 0 Å². The molecule has 0 amide bonds. The topological polar surface area (TPSA) is 104 Å². The van der Waals surface area contributed by atoms with Gasteiger partial charge in [-0.05, 0) is 67.5 Å². The number of rotatable bonds is 11. The highest BCUT2D eigenvalue weighted by molar-refractivity contribution is 7.86. The van der Waals surface area contributed by atoms with Gasteiger partial charge in [-0.25, -0.2) is 0 Å². The number of ether oxygens (including phenoxy) is 1. The first-order valence-electron chi connectivity index (χ1n) is 10.1. The van der Waals surface area contributed by atoms with Gasteiger partial charge in [0.05, 0.1) is 5.25 Å². The second-order valence-corrected chi connectivity index (χ2v) is 8.90. The summed E-state index contributed by atoms with van der Waals surface area (Å²) in [4.78, 5) is 0. The molecule has 164 valence electrons. The van der Waals surface area contributed by atoms with Crippen LogP contribution in [0.4, 0.5) is 0 Å². The molecule has 0 bridgehead atoms. The van der Waals surface area contributed by atoms with Crippen LogP contribution in [0.3, 0.4) is 0 Å². The van der Waals surface area contributed by atoms with Crippen LogP contribution in [0, 0.1) is 0 Å². The van der Waals surface area contributed by atoms with Gasteiger partial charge < -0.3 is 14.9 Å². The van der Waals surface area contributed by atoms with Gasteiger partial charge >= 0.3 is 0 Å². The van der Waals surface area contributed by atoms with E-state index in [0.717, 1.165) is 11.1 Å². The molecule has 0 saturated heterocycles. The van der Waals surface area contributed by atoms with E-state index in [4.69, 9.17) is 4.74 Å². The molecule has 0 aliphatic heterocycles. The highest BCUT2D eigenvalue weighted by atomic mass is 32.2. The maximum atomic E-state index is 12.0. The summed E-state index contributed by atoms with van der Waals surface area (Å²) in [5, 5.41) is 18.0. The van der Waals surface area contributed by atoms with Crippen LogP contribution in [0.2, 0.25) is 0 Å². The number of aromatic hydroxyl groups is 2. The fourth-order valence-electron chi connectivity index (χ4n) is 3.40. The minimum atomic E-state index is -4.24. The summed E-state index contributed by atoms with van der Waals surface area (Å²) in [6.07, 6.45) is 4.23. The Kier molecular flexibility index (Phi) is 8.89. The quantitative estimate of drug-likeness (QED) is 0.341. The van der Waals surface area contributed by atoms with Crippen LogP contribution in [0.25, 0.3) is 0 Å². The van der Waals surface area contributed by atoms with E-state index >= 15 is 0 Å². The van der Waals surface area contributed by atoms with Crippen LogP contribution in [-0.4, -0.2) is 35.0 Å². The second-order valence-electron chi connectivity index (χ2n) is 7.20. The Balaban J connectivity index is 2.14. The molecule has 6 nitrogen and oxygen atoms in total. The molecule has 30 heavy (non-hydrogen) atoms. The van der Waals surface area contributed by atoms with Crippen LogP contribution >= 0.6 is 0 Å². The zero-order valence-corrected chi connectivity index (χ0v) is 18.1. The summed E-state index contributed by atoms with van der Waals surface area (Å²) < 4.78 is 39.5. The van der Waals surface area contributed by atoms with Crippen LogP contribution in [0.15, 0.2) is 60.7 Å². The lowest BCUT2D eigenvalue weighted by Gasteiger charge is -2.21. The van der Waals surface area contributed by atoms with Crippen LogP contribution in [0.5, 0.6) is 11.5 Å². The van der Waals surface area contributed by atoms with Gasteiger partial charge in [-0.3, -0.25) is 4.55 Å². The summed E-state index contributed by atoms with van der Waals surface area (Å²) in [7, 11) is -4.24. The van der Waals surface area contributed by atoms with Gasteiger partial charge in [0.15, 0.2) is 0 Å². The van der Waals surface area contributed by atoms with Gasteiger partial charge in [-0.1, -0.05) is 43.3 Å². The van der Waals surface area contributed by atoms with Crippen molar-refractivity contribution >= 4 is 10.1 Å². The summed E-state index contributed by atoms with van der Waals surface area (Å²) >= 11 is 0. The second kappa shape index (κ2) is 11.2. The lowest BCUT2D eigenvalue weighted by atomic mass is 9.91. The Morgan fingerprint density at radius 2 is 1.47 bits per heavy atom. The van der Waals surface area contributed by atoms with Crippen LogP contribution in [-0.2, 0) is 14.9 Å². The summed E-state index contributed by atoms with van der Waals surface area (Å²) in [5.74, 6) is 0.244. The molecule has 7 heteroatoms. The van der Waals surface area contributed by atoms with Gasteiger partial charge in [0.1, 0.15) is 17.6 Å². The smallest absolute Gasteiger partial charge is 0.268 e. The van der Waals surface area contributed by atoms with E-state index in [0.29, 0.717) is 13.0 Å². The lowest BCUT2D eigenvalue weighted by molar-refractivity contribution is 0.0965. The third-order valence-electron chi connectivity index (χ3n) is 5.10. The van der Waals surface area contributed by atoms with Crippen molar-refractivity contribution in [3.63, 3.8) is 0 Å². The SMILES string of the molecule is CCO[C@H](C=CC[C@@H](C[C@H](CC)c1ccc(O)cc1)S(=O)(=O)O)c1ccc(O)cc1. The average molecular weight is 435 g/mol. The van der Waals surface area contributed by atoms with Gasteiger partial charge in [-0.15, -0.1) is 0 Å². The van der Waals surface area contributed by atoms with Crippen LogP contribution < -0.4 is 0 Å². The van der Waals surface area contributed by atoms with E-state index in [-0.39, 0.29) is 36.4 Å². The molecule has 2 rings (SSSR count). The molecule has 2 aromatic rings. The molecule has 3 N–H and O–H groups in total. The molecule has 0 fully saturated rings. The first-order valence-corrected chi connectivity index (χ1v) is 11.6. The first-order chi connectivity index (χ1) is 14.2. The number of allylic oxidation sites excluding steroid dienone is 1. The summed E-state index contributed by atoms with van der Waals surface area (Å²) in [6.45, 7) is 4.30. The fourth-order valence-corrected chi connectivity index (χ4v) is 4.23. The Morgan fingerprint density at radius 3 is 1.93 bits per heavy atom. The molecular weight excluding hydrogens is 404 g/mol. The van der Waals surface area contributed by atoms with E-state index in [1.807, 2.05) is 13.8 Å². The van der Waals surface area contributed by atoms with Crippen molar-refractivity contribution in [3.05, 3.63) is 71.8 Å². The molecule has 0 saturated carbocycles. The van der Waals surface area contributed by atoms with Crippen molar-refractivity contribution in [1.82, 2.24) is 0 Å². The predicted octanol–water partition coefficient (Wildman–Crippen LogP) is 4.96. The van der Waals surface area contributed by atoms with Crippen molar-refractivity contribution in [2.24, 2.45) is 0 Å². The minimum absolute atomic E-state index is 0.0642. The molecule has 2 aromatic carbocycles. The van der Waals surface area contributed by atoms with Gasteiger partial charge in [0, 0.05) is 6.61 Å². The predicted molar refractivity (Wildman–Crippen MR) is 117 cm³/mol. The Morgan fingerprint density at radius 1 is 0.933 bits per heavy atom. The zero-order valence-electron chi connectivity index (χ0n) is 17.3. The molecule has 0 aromatic heterocycles. The normalized spacial score (nSPS) is 15.2. The van der Waals surface area contributed by atoms with E-state index in [1.165, 1.54) is 0 Å². The first kappa shape index (κ1) is 23.9.